The van der Waals surface area contributed by atoms with Crippen molar-refractivity contribution in [2.24, 2.45) is 5.73 Å². The molecule has 1 aromatic carbocycles. The van der Waals surface area contributed by atoms with Crippen LogP contribution in [-0.4, -0.2) is 32.8 Å². The summed E-state index contributed by atoms with van der Waals surface area (Å²) in [4.78, 5) is 25.5. The first-order valence-electron chi connectivity index (χ1n) is 7.51. The van der Waals surface area contributed by atoms with Crippen LogP contribution in [-0.2, 0) is 11.3 Å². The van der Waals surface area contributed by atoms with Crippen molar-refractivity contribution in [3.63, 3.8) is 0 Å². The molecule has 124 valence electrons. The molecule has 0 saturated heterocycles. The van der Waals surface area contributed by atoms with Crippen molar-refractivity contribution in [1.82, 2.24) is 19.9 Å². The van der Waals surface area contributed by atoms with E-state index in [9.17, 15) is 9.18 Å². The number of halogens is 1. The van der Waals surface area contributed by atoms with Gasteiger partial charge in [0.15, 0.2) is 5.65 Å². The van der Waals surface area contributed by atoms with E-state index in [0.29, 0.717) is 23.6 Å². The lowest BCUT2D eigenvalue weighted by atomic mass is 10.0. The maximum Gasteiger partial charge on any atom is 0.239 e. The minimum absolute atomic E-state index is 0.347. The lowest BCUT2D eigenvalue weighted by Gasteiger charge is -2.25. The standard InChI is InChI=1S/C17H18FN5O/c1-10-6-7-20-17-14(10)21-13(22-17)9-23(2)15(16(19)24)11-4-3-5-12(18)8-11/h3-8,15H,9H2,1-2H3,(H2,19,24)(H,20,21,22)/t15-/m1/s1. The number of aromatic nitrogens is 3. The number of nitrogens with two attached hydrogens (primary N) is 1. The summed E-state index contributed by atoms with van der Waals surface area (Å²) >= 11 is 0. The molecule has 0 aliphatic heterocycles. The van der Waals surface area contributed by atoms with Gasteiger partial charge < -0.3 is 10.7 Å². The highest BCUT2D eigenvalue weighted by Gasteiger charge is 2.24. The Morgan fingerprint density at radius 1 is 1.42 bits per heavy atom. The Kier molecular flexibility index (Phi) is 4.26. The zero-order valence-corrected chi connectivity index (χ0v) is 13.5. The Hall–Kier alpha value is -2.80. The topological polar surface area (TPSA) is 87.9 Å². The van der Waals surface area contributed by atoms with Crippen LogP contribution in [0.25, 0.3) is 11.2 Å². The lowest BCUT2D eigenvalue weighted by Crippen LogP contribution is -2.35. The number of hydrogen-bond donors (Lipinski definition) is 2. The molecule has 0 unspecified atom stereocenters. The number of nitrogens with zero attached hydrogens (tertiary/aromatic N) is 3. The number of benzene rings is 1. The van der Waals surface area contributed by atoms with Crippen molar-refractivity contribution < 1.29 is 9.18 Å². The van der Waals surface area contributed by atoms with Gasteiger partial charge in [0.1, 0.15) is 17.7 Å². The molecule has 2 aromatic heterocycles. The SMILES string of the molecule is Cc1ccnc2nc(CN(C)[C@@H](C(N)=O)c3cccc(F)c3)[nH]c12. The Bertz CT molecular complexity index is 892. The number of amides is 1. The highest BCUT2D eigenvalue weighted by molar-refractivity contribution is 5.81. The van der Waals surface area contributed by atoms with E-state index in [0.717, 1.165) is 11.1 Å². The van der Waals surface area contributed by atoms with Crippen molar-refractivity contribution >= 4 is 17.1 Å². The van der Waals surface area contributed by atoms with E-state index in [4.69, 9.17) is 5.73 Å². The van der Waals surface area contributed by atoms with Crippen LogP contribution < -0.4 is 5.73 Å². The zero-order chi connectivity index (χ0) is 17.3. The second-order valence-corrected chi connectivity index (χ2v) is 5.78. The Morgan fingerprint density at radius 3 is 2.88 bits per heavy atom. The molecule has 7 heteroatoms. The fraction of sp³-hybridized carbons (Fsp3) is 0.235. The summed E-state index contributed by atoms with van der Waals surface area (Å²) in [5.41, 5.74) is 8.56. The minimum Gasteiger partial charge on any atom is -0.368 e. The highest BCUT2D eigenvalue weighted by atomic mass is 19.1. The van der Waals surface area contributed by atoms with E-state index >= 15 is 0 Å². The second-order valence-electron chi connectivity index (χ2n) is 5.78. The van der Waals surface area contributed by atoms with Gasteiger partial charge in [-0.15, -0.1) is 0 Å². The fourth-order valence-corrected chi connectivity index (χ4v) is 2.80. The zero-order valence-electron chi connectivity index (χ0n) is 13.5. The van der Waals surface area contributed by atoms with Crippen LogP contribution in [0.3, 0.4) is 0 Å². The van der Waals surface area contributed by atoms with Crippen LogP contribution >= 0.6 is 0 Å². The number of H-pyrrole nitrogens is 1. The molecule has 1 amide bonds. The maximum atomic E-state index is 13.5. The number of fused-ring (bicyclic) bond motifs is 1. The predicted molar refractivity (Wildman–Crippen MR) is 88.4 cm³/mol. The second kappa shape index (κ2) is 6.37. The van der Waals surface area contributed by atoms with Gasteiger partial charge in [-0.25, -0.2) is 14.4 Å². The van der Waals surface area contributed by atoms with Gasteiger partial charge >= 0.3 is 0 Å². The average Bonchev–Trinajstić information content (AvgIpc) is 2.91. The Labute approximate surface area is 138 Å². The molecule has 24 heavy (non-hydrogen) atoms. The van der Waals surface area contributed by atoms with Gasteiger partial charge in [-0.3, -0.25) is 9.69 Å². The quantitative estimate of drug-likeness (QED) is 0.751. The number of hydrogen-bond acceptors (Lipinski definition) is 4. The third-order valence-electron chi connectivity index (χ3n) is 3.92. The summed E-state index contributed by atoms with van der Waals surface area (Å²) < 4.78 is 13.5. The smallest absolute Gasteiger partial charge is 0.239 e. The first-order valence-corrected chi connectivity index (χ1v) is 7.51. The molecule has 2 heterocycles. The molecular formula is C17H18FN5O. The Morgan fingerprint density at radius 2 is 2.21 bits per heavy atom. The monoisotopic (exact) mass is 327 g/mol. The number of imidazole rings is 1. The summed E-state index contributed by atoms with van der Waals surface area (Å²) in [6.07, 6.45) is 1.70. The summed E-state index contributed by atoms with van der Waals surface area (Å²) in [5, 5.41) is 0. The molecule has 0 bridgehead atoms. The Balaban J connectivity index is 1.89. The number of aryl methyl sites for hydroxylation is 1. The first kappa shape index (κ1) is 16.1. The van der Waals surface area contributed by atoms with Gasteiger partial charge in [-0.2, -0.15) is 0 Å². The molecule has 3 aromatic rings. The number of pyridine rings is 1. The number of rotatable bonds is 5. The van der Waals surface area contributed by atoms with Gasteiger partial charge in [0, 0.05) is 6.20 Å². The number of carbonyl (C=O) groups excluding carboxylic acids is 1. The highest BCUT2D eigenvalue weighted by Crippen LogP contribution is 2.22. The van der Waals surface area contributed by atoms with Crippen molar-refractivity contribution in [3.8, 4) is 0 Å². The van der Waals surface area contributed by atoms with Gasteiger partial charge in [-0.05, 0) is 43.3 Å². The van der Waals surface area contributed by atoms with E-state index < -0.39 is 17.8 Å². The van der Waals surface area contributed by atoms with Crippen molar-refractivity contribution in [2.75, 3.05) is 7.05 Å². The molecule has 0 radical (unpaired) electrons. The number of nitrogens with one attached hydrogen (secondary N) is 1. The van der Waals surface area contributed by atoms with Gasteiger partial charge in [-0.1, -0.05) is 12.1 Å². The third kappa shape index (κ3) is 3.11. The molecule has 0 aliphatic rings. The maximum absolute atomic E-state index is 13.5. The van der Waals surface area contributed by atoms with Gasteiger partial charge in [0.05, 0.1) is 12.1 Å². The average molecular weight is 327 g/mol. The fourth-order valence-electron chi connectivity index (χ4n) is 2.80. The molecule has 3 rings (SSSR count). The van der Waals surface area contributed by atoms with Gasteiger partial charge in [0.2, 0.25) is 5.91 Å². The minimum atomic E-state index is -0.747. The van der Waals surface area contributed by atoms with Crippen LogP contribution in [0.15, 0.2) is 36.5 Å². The molecule has 1 atom stereocenters. The molecule has 3 N–H and O–H groups in total. The van der Waals surface area contributed by atoms with Crippen molar-refractivity contribution in [3.05, 3.63) is 59.3 Å². The summed E-state index contributed by atoms with van der Waals surface area (Å²) in [6.45, 7) is 2.31. The van der Waals surface area contributed by atoms with E-state index in [2.05, 4.69) is 15.0 Å². The van der Waals surface area contributed by atoms with Crippen molar-refractivity contribution in [1.29, 1.82) is 0 Å². The van der Waals surface area contributed by atoms with Crippen LogP contribution in [0, 0.1) is 12.7 Å². The summed E-state index contributed by atoms with van der Waals surface area (Å²) in [6, 6.07) is 7.03. The number of aromatic amines is 1. The predicted octanol–water partition coefficient (Wildman–Crippen LogP) is 2.06. The van der Waals surface area contributed by atoms with Crippen molar-refractivity contribution in [2.45, 2.75) is 19.5 Å². The number of likely N-dealkylation sites (N-methyl/N-ethyl adjacent to an activating group) is 1. The van der Waals surface area contributed by atoms with Crippen LogP contribution in [0.4, 0.5) is 4.39 Å². The van der Waals surface area contributed by atoms with E-state index in [1.807, 2.05) is 13.0 Å². The molecule has 0 aliphatic carbocycles. The van der Waals surface area contributed by atoms with Gasteiger partial charge in [0.25, 0.3) is 0 Å². The van der Waals surface area contributed by atoms with Crippen LogP contribution in [0.1, 0.15) is 23.0 Å². The lowest BCUT2D eigenvalue weighted by molar-refractivity contribution is -0.123. The molecule has 6 nitrogen and oxygen atoms in total. The van der Waals surface area contributed by atoms with E-state index in [-0.39, 0.29) is 0 Å². The first-order chi connectivity index (χ1) is 11.5. The molecule has 0 saturated carbocycles. The largest absolute Gasteiger partial charge is 0.368 e. The molecular weight excluding hydrogens is 309 g/mol. The molecule has 0 fully saturated rings. The molecule has 0 spiro atoms. The van der Waals surface area contributed by atoms with Crippen LogP contribution in [0.5, 0.6) is 0 Å². The normalized spacial score (nSPS) is 12.7. The summed E-state index contributed by atoms with van der Waals surface area (Å²) in [5.74, 6) is -0.291. The van der Waals surface area contributed by atoms with E-state index in [1.54, 1.807) is 30.3 Å². The third-order valence-corrected chi connectivity index (χ3v) is 3.92. The number of carbonyl (C=O) groups is 1. The van der Waals surface area contributed by atoms with Crippen LogP contribution in [0.2, 0.25) is 0 Å². The van der Waals surface area contributed by atoms with E-state index in [1.165, 1.54) is 12.1 Å². The summed E-state index contributed by atoms with van der Waals surface area (Å²) in [7, 11) is 1.74. The number of primary amides is 1.